The van der Waals surface area contributed by atoms with Crippen LogP contribution in [0.5, 0.6) is 0 Å². The van der Waals surface area contributed by atoms with E-state index in [4.69, 9.17) is 4.74 Å². The largest absolute Gasteiger partial charge is 0.364 e. The van der Waals surface area contributed by atoms with Gasteiger partial charge in [0, 0.05) is 20.2 Å². The summed E-state index contributed by atoms with van der Waals surface area (Å²) in [5, 5.41) is 5.30. The van der Waals surface area contributed by atoms with Gasteiger partial charge in [-0.15, -0.1) is 0 Å². The van der Waals surface area contributed by atoms with E-state index in [9.17, 15) is 4.79 Å². The zero-order valence-electron chi connectivity index (χ0n) is 9.30. The molecule has 0 atom stereocenters. The van der Waals surface area contributed by atoms with Gasteiger partial charge in [-0.05, 0) is 13.1 Å². The van der Waals surface area contributed by atoms with E-state index in [2.05, 4.69) is 29.4 Å². The number of carbonyl (C=O) groups is 1. The third-order valence-electron chi connectivity index (χ3n) is 1.99. The number of rotatable bonds is 7. The second-order valence-corrected chi connectivity index (χ2v) is 2.89. The van der Waals surface area contributed by atoms with Gasteiger partial charge in [0.25, 0.3) is 0 Å². The Morgan fingerprint density at radius 2 is 1.93 bits per heavy atom. The van der Waals surface area contributed by atoms with Crippen molar-refractivity contribution in [1.29, 1.82) is 0 Å². The van der Waals surface area contributed by atoms with Gasteiger partial charge in [0.1, 0.15) is 6.73 Å². The van der Waals surface area contributed by atoms with Crippen molar-refractivity contribution in [3.8, 4) is 0 Å². The minimum absolute atomic E-state index is 0.181. The fourth-order valence-corrected chi connectivity index (χ4v) is 1.07. The Morgan fingerprint density at radius 1 is 1.29 bits per heavy atom. The molecule has 0 aromatic carbocycles. The lowest BCUT2D eigenvalue weighted by Crippen LogP contribution is -2.40. The molecule has 0 aromatic heterocycles. The summed E-state index contributed by atoms with van der Waals surface area (Å²) in [6, 6.07) is -0.181. The highest BCUT2D eigenvalue weighted by molar-refractivity contribution is 5.73. The first-order valence-corrected chi connectivity index (χ1v) is 4.97. The zero-order chi connectivity index (χ0) is 10.8. The molecule has 84 valence electrons. The van der Waals surface area contributed by atoms with Crippen LogP contribution in [0.15, 0.2) is 0 Å². The van der Waals surface area contributed by atoms with Gasteiger partial charge in [0.2, 0.25) is 0 Å². The summed E-state index contributed by atoms with van der Waals surface area (Å²) in [4.78, 5) is 13.3. The minimum atomic E-state index is -0.181. The van der Waals surface area contributed by atoms with Crippen LogP contribution in [0.2, 0.25) is 0 Å². The van der Waals surface area contributed by atoms with Crippen LogP contribution in [0.1, 0.15) is 13.8 Å². The predicted molar refractivity (Wildman–Crippen MR) is 56.2 cm³/mol. The summed E-state index contributed by atoms with van der Waals surface area (Å²) in [5.74, 6) is 0. The van der Waals surface area contributed by atoms with Crippen LogP contribution in [0.25, 0.3) is 0 Å². The first-order valence-electron chi connectivity index (χ1n) is 4.97. The van der Waals surface area contributed by atoms with Crippen LogP contribution in [0.4, 0.5) is 4.79 Å². The van der Waals surface area contributed by atoms with Gasteiger partial charge >= 0.3 is 6.03 Å². The molecule has 14 heavy (non-hydrogen) atoms. The van der Waals surface area contributed by atoms with Crippen molar-refractivity contribution in [2.24, 2.45) is 0 Å². The molecule has 0 bridgehead atoms. The summed E-state index contributed by atoms with van der Waals surface area (Å²) in [6.45, 7) is 8.03. The Hall–Kier alpha value is -0.810. The maximum atomic E-state index is 11.0. The minimum Gasteiger partial charge on any atom is -0.364 e. The quantitative estimate of drug-likeness (QED) is 0.582. The summed E-state index contributed by atoms with van der Waals surface area (Å²) < 4.78 is 4.70. The number of nitrogens with one attached hydrogen (secondary N) is 2. The van der Waals surface area contributed by atoms with Crippen LogP contribution in [0.3, 0.4) is 0 Å². The standard InChI is InChI=1S/C9H21N3O2/c1-4-12(5-2)7-6-10-9(13)11-8-14-3/h4-8H2,1-3H3,(H2,10,11,13). The van der Waals surface area contributed by atoms with E-state index in [0.717, 1.165) is 19.6 Å². The number of amides is 2. The molecule has 0 unspecified atom stereocenters. The molecule has 0 radical (unpaired) electrons. The van der Waals surface area contributed by atoms with Crippen molar-refractivity contribution < 1.29 is 9.53 Å². The van der Waals surface area contributed by atoms with Gasteiger partial charge in [-0.1, -0.05) is 13.8 Å². The Morgan fingerprint density at radius 3 is 2.43 bits per heavy atom. The molecule has 2 amide bonds. The Balaban J connectivity index is 3.38. The van der Waals surface area contributed by atoms with Gasteiger partial charge in [-0.2, -0.15) is 0 Å². The molecule has 0 aliphatic heterocycles. The fraction of sp³-hybridized carbons (Fsp3) is 0.889. The van der Waals surface area contributed by atoms with E-state index >= 15 is 0 Å². The number of likely N-dealkylation sites (N-methyl/N-ethyl adjacent to an activating group) is 1. The predicted octanol–water partition coefficient (Wildman–Crippen LogP) is 0.231. The third-order valence-corrected chi connectivity index (χ3v) is 1.99. The summed E-state index contributed by atoms with van der Waals surface area (Å²) in [5.41, 5.74) is 0. The molecule has 0 aliphatic rings. The molecule has 5 nitrogen and oxygen atoms in total. The van der Waals surface area contributed by atoms with E-state index in [1.165, 1.54) is 7.11 Å². The van der Waals surface area contributed by atoms with Gasteiger partial charge in [0.15, 0.2) is 0 Å². The first kappa shape index (κ1) is 13.2. The molecule has 0 aromatic rings. The van der Waals surface area contributed by atoms with Crippen LogP contribution in [-0.2, 0) is 4.74 Å². The Bertz CT molecular complexity index is 149. The van der Waals surface area contributed by atoms with Crippen molar-refractivity contribution in [3.63, 3.8) is 0 Å². The molecular formula is C9H21N3O2. The lowest BCUT2D eigenvalue weighted by atomic mass is 10.4. The van der Waals surface area contributed by atoms with E-state index in [1.54, 1.807) is 0 Å². The molecule has 2 N–H and O–H groups in total. The maximum absolute atomic E-state index is 11.0. The topological polar surface area (TPSA) is 53.6 Å². The maximum Gasteiger partial charge on any atom is 0.316 e. The van der Waals surface area contributed by atoms with Crippen molar-refractivity contribution >= 4 is 6.03 Å². The van der Waals surface area contributed by atoms with Gasteiger partial charge in [0.05, 0.1) is 0 Å². The number of hydrogen-bond donors (Lipinski definition) is 2. The molecule has 0 rings (SSSR count). The molecule has 0 saturated heterocycles. The number of urea groups is 1. The molecule has 0 heterocycles. The third kappa shape index (κ3) is 6.68. The molecule has 0 saturated carbocycles. The van der Waals surface area contributed by atoms with Crippen LogP contribution in [-0.4, -0.2) is 51.0 Å². The van der Waals surface area contributed by atoms with Gasteiger partial charge in [-0.3, -0.25) is 0 Å². The average molecular weight is 203 g/mol. The van der Waals surface area contributed by atoms with Crippen LogP contribution in [0, 0.1) is 0 Å². The first-order chi connectivity index (χ1) is 6.74. The van der Waals surface area contributed by atoms with E-state index in [1.807, 2.05) is 0 Å². The highest BCUT2D eigenvalue weighted by Gasteiger charge is 2.00. The van der Waals surface area contributed by atoms with Crippen LogP contribution >= 0.6 is 0 Å². The highest BCUT2D eigenvalue weighted by atomic mass is 16.5. The van der Waals surface area contributed by atoms with Crippen LogP contribution < -0.4 is 10.6 Å². The lowest BCUT2D eigenvalue weighted by Gasteiger charge is -2.17. The van der Waals surface area contributed by atoms with Gasteiger partial charge < -0.3 is 20.3 Å². The molecule has 0 fully saturated rings. The number of nitrogens with zero attached hydrogens (tertiary/aromatic N) is 1. The monoisotopic (exact) mass is 203 g/mol. The number of ether oxygens (including phenoxy) is 1. The number of carbonyl (C=O) groups excluding carboxylic acids is 1. The van der Waals surface area contributed by atoms with Crippen molar-refractivity contribution in [1.82, 2.24) is 15.5 Å². The molecule has 0 aliphatic carbocycles. The van der Waals surface area contributed by atoms with E-state index in [0.29, 0.717) is 6.54 Å². The highest BCUT2D eigenvalue weighted by Crippen LogP contribution is 1.83. The average Bonchev–Trinajstić information content (AvgIpc) is 2.21. The van der Waals surface area contributed by atoms with Crippen molar-refractivity contribution in [3.05, 3.63) is 0 Å². The summed E-state index contributed by atoms with van der Waals surface area (Å²) in [6.07, 6.45) is 0. The van der Waals surface area contributed by atoms with Crippen molar-refractivity contribution in [2.75, 3.05) is 40.0 Å². The van der Waals surface area contributed by atoms with E-state index < -0.39 is 0 Å². The number of hydrogen-bond acceptors (Lipinski definition) is 3. The SMILES string of the molecule is CCN(CC)CCNC(=O)NCOC. The molecule has 5 heteroatoms. The normalized spacial score (nSPS) is 10.3. The summed E-state index contributed by atoms with van der Waals surface area (Å²) >= 11 is 0. The van der Waals surface area contributed by atoms with Gasteiger partial charge in [-0.25, -0.2) is 4.79 Å². The zero-order valence-corrected chi connectivity index (χ0v) is 9.30. The fourth-order valence-electron chi connectivity index (χ4n) is 1.07. The number of methoxy groups -OCH3 is 1. The lowest BCUT2D eigenvalue weighted by molar-refractivity contribution is 0.172. The Kier molecular flexibility index (Phi) is 8.27. The van der Waals surface area contributed by atoms with E-state index in [-0.39, 0.29) is 12.8 Å². The molecular weight excluding hydrogens is 182 g/mol. The molecule has 0 spiro atoms. The second kappa shape index (κ2) is 8.77. The van der Waals surface area contributed by atoms with Crippen molar-refractivity contribution in [2.45, 2.75) is 13.8 Å². The summed E-state index contributed by atoms with van der Waals surface area (Å²) in [7, 11) is 1.54. The Labute approximate surface area is 85.8 Å². The second-order valence-electron chi connectivity index (χ2n) is 2.89. The smallest absolute Gasteiger partial charge is 0.316 e.